The van der Waals surface area contributed by atoms with Gasteiger partial charge in [0.05, 0.1) is 10.3 Å². The smallest absolute Gasteiger partial charge is 0.138 e. The molecule has 7 aromatic rings. The quantitative estimate of drug-likeness (QED) is 0.170. The van der Waals surface area contributed by atoms with Gasteiger partial charge in [0.15, 0.2) is 0 Å². The van der Waals surface area contributed by atoms with Gasteiger partial charge in [0, 0.05) is 42.8 Å². The van der Waals surface area contributed by atoms with Gasteiger partial charge in [0.25, 0.3) is 0 Å². The average Bonchev–Trinajstić information content (AvgIpc) is 3.51. The van der Waals surface area contributed by atoms with E-state index < -0.39 is 0 Å². The van der Waals surface area contributed by atoms with Crippen molar-refractivity contribution in [3.05, 3.63) is 119 Å². The van der Waals surface area contributed by atoms with Crippen molar-refractivity contribution in [3.63, 3.8) is 0 Å². The fraction of sp³-hybridized carbons (Fsp3) is 0.167. The van der Waals surface area contributed by atoms with Crippen LogP contribution in [0.2, 0.25) is 0 Å². The Hall–Kier alpha value is -3.63. The minimum Gasteiger partial charge on any atom is -0.499 e. The molecule has 0 aliphatic heterocycles. The van der Waals surface area contributed by atoms with E-state index in [-0.39, 0.29) is 20.1 Å². The zero-order valence-electron chi connectivity index (χ0n) is 23.7. The van der Waals surface area contributed by atoms with Crippen molar-refractivity contribution in [2.75, 3.05) is 0 Å². The van der Waals surface area contributed by atoms with Crippen molar-refractivity contribution in [1.29, 1.82) is 0 Å². The fourth-order valence-electron chi connectivity index (χ4n) is 5.16. The molecule has 0 bridgehead atoms. The van der Waals surface area contributed by atoms with Gasteiger partial charge in [-0.25, -0.2) is 0 Å². The van der Waals surface area contributed by atoms with Crippen LogP contribution in [0.15, 0.2) is 89.6 Å². The number of pyridine rings is 2. The summed E-state index contributed by atoms with van der Waals surface area (Å²) in [6, 6.07) is 30.9. The van der Waals surface area contributed by atoms with Crippen LogP contribution in [0.3, 0.4) is 0 Å². The second-order valence-electron chi connectivity index (χ2n) is 10.4. The van der Waals surface area contributed by atoms with Gasteiger partial charge < -0.3 is 14.4 Å². The Balaban J connectivity index is 0.000000218. The number of thiophene rings is 1. The Bertz CT molecular complexity index is 1920. The number of hydrogen-bond acceptors (Lipinski definition) is 4. The number of aromatic nitrogens is 2. The van der Waals surface area contributed by atoms with Gasteiger partial charge in [0.2, 0.25) is 0 Å². The van der Waals surface area contributed by atoms with E-state index in [0.717, 1.165) is 44.5 Å². The first-order valence-corrected chi connectivity index (χ1v) is 14.3. The summed E-state index contributed by atoms with van der Waals surface area (Å²) < 4.78 is 7.72. The summed E-state index contributed by atoms with van der Waals surface area (Å²) in [5.41, 5.74) is 9.61. The van der Waals surface area contributed by atoms with Gasteiger partial charge >= 0.3 is 0 Å². The Morgan fingerprint density at radius 1 is 0.780 bits per heavy atom. The van der Waals surface area contributed by atoms with E-state index in [1.807, 2.05) is 66.1 Å². The summed E-state index contributed by atoms with van der Waals surface area (Å²) in [5.74, 6) is 0.452. The van der Waals surface area contributed by atoms with E-state index in [9.17, 15) is 0 Å². The Morgan fingerprint density at radius 3 is 2.29 bits per heavy atom. The number of rotatable bonds is 3. The number of fused-ring (bicyclic) bond motifs is 5. The first-order chi connectivity index (χ1) is 19.4. The summed E-state index contributed by atoms with van der Waals surface area (Å²) in [4.78, 5) is 10.3. The van der Waals surface area contributed by atoms with Gasteiger partial charge in [-0.2, -0.15) is 0 Å². The number of benzene rings is 3. The second kappa shape index (κ2) is 12.1. The van der Waals surface area contributed by atoms with Crippen molar-refractivity contribution >= 4 is 43.4 Å². The standard InChI is InChI=1S/C25H22NOS.C11H8N.Ir/c1-13(2)21-11-22(26-12-14(21)3)20-8-6-7-18-19-10-9-17-15(4)16(5)28-25(17)24(19)27-23(18)20;1-2-6-10(7-3-1)11-8-4-5-9-12-11;/h6-7,9-13H,1-5H3;1-6,8-9H;/q2*-1;. The maximum Gasteiger partial charge on any atom is 0.138 e. The van der Waals surface area contributed by atoms with E-state index in [2.05, 4.69) is 76.0 Å². The van der Waals surface area contributed by atoms with Gasteiger partial charge in [-0.3, -0.25) is 0 Å². The van der Waals surface area contributed by atoms with Crippen LogP contribution in [-0.2, 0) is 20.1 Å². The Kier molecular flexibility index (Phi) is 8.51. The minimum absolute atomic E-state index is 0. The van der Waals surface area contributed by atoms with Crippen LogP contribution in [0.1, 0.15) is 41.3 Å². The molecular weight excluding hydrogens is 701 g/mol. The zero-order chi connectivity index (χ0) is 27.8. The maximum atomic E-state index is 6.49. The van der Waals surface area contributed by atoms with Crippen molar-refractivity contribution in [3.8, 4) is 22.5 Å². The van der Waals surface area contributed by atoms with Crippen LogP contribution in [0.5, 0.6) is 0 Å². The van der Waals surface area contributed by atoms with E-state index in [1.165, 1.54) is 31.7 Å². The molecule has 0 fully saturated rings. The molecule has 0 aliphatic carbocycles. The van der Waals surface area contributed by atoms with Gasteiger partial charge in [-0.15, -0.1) is 65.4 Å². The number of hydrogen-bond donors (Lipinski definition) is 0. The topological polar surface area (TPSA) is 38.9 Å². The molecular formula is C36H30IrN2OS-2. The Labute approximate surface area is 258 Å². The molecule has 0 aliphatic rings. The molecule has 1 radical (unpaired) electrons. The number of nitrogens with zero attached hydrogens (tertiary/aromatic N) is 2. The van der Waals surface area contributed by atoms with Crippen molar-refractivity contribution in [2.24, 2.45) is 0 Å². The molecule has 0 N–H and O–H groups in total. The summed E-state index contributed by atoms with van der Waals surface area (Å²) in [7, 11) is 0. The molecule has 0 spiro atoms. The third kappa shape index (κ3) is 5.50. The largest absolute Gasteiger partial charge is 0.499 e. The Morgan fingerprint density at radius 2 is 1.56 bits per heavy atom. The van der Waals surface area contributed by atoms with Crippen LogP contribution in [0.4, 0.5) is 0 Å². The van der Waals surface area contributed by atoms with Crippen molar-refractivity contribution in [1.82, 2.24) is 9.97 Å². The van der Waals surface area contributed by atoms with Crippen LogP contribution < -0.4 is 0 Å². The van der Waals surface area contributed by atoms with E-state index in [0.29, 0.717) is 5.92 Å². The third-order valence-corrected chi connectivity index (χ3v) is 8.64. The van der Waals surface area contributed by atoms with Gasteiger partial charge in [-0.1, -0.05) is 55.1 Å². The minimum atomic E-state index is 0. The molecule has 0 saturated heterocycles. The van der Waals surface area contributed by atoms with E-state index in [1.54, 1.807) is 6.20 Å². The zero-order valence-corrected chi connectivity index (χ0v) is 26.9. The normalized spacial score (nSPS) is 11.1. The summed E-state index contributed by atoms with van der Waals surface area (Å²) in [6.07, 6.45) is 3.75. The molecule has 3 aromatic carbocycles. The SMILES string of the molecule is Cc1cnc(-c2[c-]ccc3c2oc2c3ccc3c(C)c(C)sc32)cc1C(C)C.[Ir].[c-]1ccccc1-c1ccccn1. The molecule has 207 valence electrons. The first-order valence-electron chi connectivity index (χ1n) is 13.5. The molecule has 0 atom stereocenters. The maximum absolute atomic E-state index is 6.49. The molecule has 3 nitrogen and oxygen atoms in total. The van der Waals surface area contributed by atoms with Gasteiger partial charge in [-0.05, 0) is 66.2 Å². The summed E-state index contributed by atoms with van der Waals surface area (Å²) in [5, 5.41) is 3.58. The number of furan rings is 1. The predicted octanol–water partition coefficient (Wildman–Crippen LogP) is 10.3. The molecule has 4 aromatic heterocycles. The predicted molar refractivity (Wildman–Crippen MR) is 168 cm³/mol. The summed E-state index contributed by atoms with van der Waals surface area (Å²) >= 11 is 1.81. The van der Waals surface area contributed by atoms with Crippen LogP contribution in [0, 0.1) is 32.9 Å². The van der Waals surface area contributed by atoms with Crippen molar-refractivity contribution < 1.29 is 24.5 Å². The van der Waals surface area contributed by atoms with Crippen molar-refractivity contribution in [2.45, 2.75) is 40.5 Å². The number of aryl methyl sites for hydroxylation is 3. The third-order valence-electron chi connectivity index (χ3n) is 7.42. The monoisotopic (exact) mass is 731 g/mol. The van der Waals surface area contributed by atoms with Crippen LogP contribution in [-0.4, -0.2) is 9.97 Å². The van der Waals surface area contributed by atoms with E-state index in [4.69, 9.17) is 9.40 Å². The second-order valence-corrected chi connectivity index (χ2v) is 11.6. The summed E-state index contributed by atoms with van der Waals surface area (Å²) in [6.45, 7) is 10.9. The van der Waals surface area contributed by atoms with Gasteiger partial charge in [0.1, 0.15) is 5.58 Å². The van der Waals surface area contributed by atoms with E-state index >= 15 is 0 Å². The molecule has 7 rings (SSSR count). The molecule has 0 amide bonds. The fourth-order valence-corrected chi connectivity index (χ4v) is 6.30. The van der Waals surface area contributed by atoms with Crippen LogP contribution in [0.25, 0.3) is 54.5 Å². The average molecular weight is 731 g/mol. The molecule has 41 heavy (non-hydrogen) atoms. The molecule has 4 heterocycles. The van der Waals surface area contributed by atoms with Crippen LogP contribution >= 0.6 is 11.3 Å². The molecule has 0 saturated carbocycles. The first kappa shape index (κ1) is 28.9. The molecule has 0 unspecified atom stereocenters. The molecule has 5 heteroatoms.